The van der Waals surface area contributed by atoms with Crippen molar-refractivity contribution in [3.8, 4) is 17.3 Å². The molecular formula is C18H18N6O2. The van der Waals surface area contributed by atoms with Crippen LogP contribution in [0.4, 0.5) is 0 Å². The molecule has 0 spiro atoms. The third-order valence-corrected chi connectivity index (χ3v) is 4.80. The lowest BCUT2D eigenvalue weighted by Gasteiger charge is -2.27. The third-order valence-electron chi connectivity index (χ3n) is 4.80. The molecule has 0 unspecified atom stereocenters. The Labute approximate surface area is 150 Å². The quantitative estimate of drug-likeness (QED) is 0.701. The van der Waals surface area contributed by atoms with Crippen molar-refractivity contribution >= 4 is 5.91 Å². The Balaban J connectivity index is 1.38. The van der Waals surface area contributed by atoms with Crippen LogP contribution in [-0.2, 0) is 19.6 Å². The van der Waals surface area contributed by atoms with Gasteiger partial charge in [0, 0.05) is 37.7 Å². The standard InChI is InChI=1S/C18H18N6O2/c25-18(14-11-16-24(21-14)7-4-10-26-16)22-8-9-23-15(12-22)19-20-17(23)13-5-2-1-3-6-13/h1-3,5-6,11H,4,7-10,12H2. The smallest absolute Gasteiger partial charge is 0.274 e. The minimum atomic E-state index is -0.0917. The second-order valence-corrected chi connectivity index (χ2v) is 6.48. The highest BCUT2D eigenvalue weighted by Gasteiger charge is 2.28. The van der Waals surface area contributed by atoms with Crippen LogP contribution in [0.3, 0.4) is 0 Å². The fourth-order valence-electron chi connectivity index (χ4n) is 3.47. The molecule has 2 aliphatic heterocycles. The van der Waals surface area contributed by atoms with Crippen LogP contribution in [0.15, 0.2) is 36.4 Å². The average molecular weight is 350 g/mol. The number of nitrogens with zero attached hydrogens (tertiary/aromatic N) is 6. The molecule has 8 nitrogen and oxygen atoms in total. The molecule has 0 atom stereocenters. The summed E-state index contributed by atoms with van der Waals surface area (Å²) in [5.74, 6) is 2.22. The van der Waals surface area contributed by atoms with Gasteiger partial charge < -0.3 is 14.2 Å². The Morgan fingerprint density at radius 3 is 2.81 bits per heavy atom. The first-order chi connectivity index (χ1) is 12.8. The third kappa shape index (κ3) is 2.45. The number of hydrogen-bond acceptors (Lipinski definition) is 5. The van der Waals surface area contributed by atoms with E-state index in [1.165, 1.54) is 0 Å². The number of aromatic nitrogens is 5. The van der Waals surface area contributed by atoms with Gasteiger partial charge in [-0.05, 0) is 0 Å². The highest BCUT2D eigenvalue weighted by atomic mass is 16.5. The van der Waals surface area contributed by atoms with E-state index in [1.807, 2.05) is 30.3 Å². The molecule has 2 aliphatic rings. The summed E-state index contributed by atoms with van der Waals surface area (Å²) < 4.78 is 9.40. The number of carbonyl (C=O) groups excluding carboxylic acids is 1. The Kier molecular flexibility index (Phi) is 3.48. The van der Waals surface area contributed by atoms with Crippen molar-refractivity contribution in [1.82, 2.24) is 29.4 Å². The highest BCUT2D eigenvalue weighted by Crippen LogP contribution is 2.24. The minimum Gasteiger partial charge on any atom is -0.478 e. The first-order valence-corrected chi connectivity index (χ1v) is 8.77. The Hall–Kier alpha value is -3.16. The summed E-state index contributed by atoms with van der Waals surface area (Å²) in [6.45, 7) is 3.17. The molecular weight excluding hydrogens is 332 g/mol. The van der Waals surface area contributed by atoms with Crippen LogP contribution in [0.5, 0.6) is 5.88 Å². The molecule has 2 aromatic heterocycles. The fraction of sp³-hybridized carbons (Fsp3) is 0.333. The zero-order valence-electron chi connectivity index (χ0n) is 14.2. The lowest BCUT2D eigenvalue weighted by molar-refractivity contribution is 0.0701. The predicted octanol–water partition coefficient (Wildman–Crippen LogP) is 1.58. The van der Waals surface area contributed by atoms with Gasteiger partial charge in [-0.25, -0.2) is 4.68 Å². The van der Waals surface area contributed by atoms with Crippen molar-refractivity contribution in [3.05, 3.63) is 47.9 Å². The molecule has 5 rings (SSSR count). The summed E-state index contributed by atoms with van der Waals surface area (Å²) in [5, 5.41) is 13.0. The van der Waals surface area contributed by atoms with E-state index >= 15 is 0 Å². The molecule has 26 heavy (non-hydrogen) atoms. The zero-order valence-corrected chi connectivity index (χ0v) is 14.2. The second-order valence-electron chi connectivity index (χ2n) is 6.48. The van der Waals surface area contributed by atoms with Gasteiger partial charge in [0.05, 0.1) is 13.2 Å². The van der Waals surface area contributed by atoms with Gasteiger partial charge in [0.2, 0.25) is 5.88 Å². The fourth-order valence-corrected chi connectivity index (χ4v) is 3.47. The summed E-state index contributed by atoms with van der Waals surface area (Å²) >= 11 is 0. The van der Waals surface area contributed by atoms with E-state index in [0.717, 1.165) is 30.2 Å². The number of hydrogen-bond donors (Lipinski definition) is 0. The number of ether oxygens (including phenoxy) is 1. The molecule has 4 heterocycles. The van der Waals surface area contributed by atoms with Gasteiger partial charge >= 0.3 is 0 Å². The lowest BCUT2D eigenvalue weighted by Crippen LogP contribution is -2.38. The van der Waals surface area contributed by atoms with Gasteiger partial charge in [0.25, 0.3) is 5.91 Å². The molecule has 0 N–H and O–H groups in total. The molecule has 132 valence electrons. The van der Waals surface area contributed by atoms with Crippen LogP contribution in [-0.4, -0.2) is 48.5 Å². The summed E-state index contributed by atoms with van der Waals surface area (Å²) in [7, 11) is 0. The summed E-state index contributed by atoms with van der Waals surface area (Å²) in [5.41, 5.74) is 1.46. The van der Waals surface area contributed by atoms with Crippen LogP contribution in [0.2, 0.25) is 0 Å². The molecule has 0 saturated carbocycles. The van der Waals surface area contributed by atoms with Crippen molar-refractivity contribution in [3.63, 3.8) is 0 Å². The molecule has 0 radical (unpaired) electrons. The average Bonchev–Trinajstić information content (AvgIpc) is 3.31. The molecule has 0 aliphatic carbocycles. The van der Waals surface area contributed by atoms with E-state index in [2.05, 4.69) is 19.9 Å². The van der Waals surface area contributed by atoms with Crippen molar-refractivity contribution in [2.45, 2.75) is 26.1 Å². The number of amides is 1. The molecule has 0 saturated heterocycles. The molecule has 8 heteroatoms. The number of aryl methyl sites for hydroxylation is 1. The van der Waals surface area contributed by atoms with Crippen molar-refractivity contribution in [2.24, 2.45) is 0 Å². The maximum absolute atomic E-state index is 12.8. The van der Waals surface area contributed by atoms with Crippen LogP contribution < -0.4 is 4.74 Å². The van der Waals surface area contributed by atoms with Gasteiger partial charge in [-0.1, -0.05) is 30.3 Å². The van der Waals surface area contributed by atoms with E-state index in [9.17, 15) is 4.79 Å². The summed E-state index contributed by atoms with van der Waals surface area (Å²) in [6, 6.07) is 11.7. The lowest BCUT2D eigenvalue weighted by atomic mass is 10.2. The van der Waals surface area contributed by atoms with Crippen LogP contribution in [0.25, 0.3) is 11.4 Å². The Morgan fingerprint density at radius 1 is 1.08 bits per heavy atom. The summed E-state index contributed by atoms with van der Waals surface area (Å²) in [6.07, 6.45) is 0.914. The van der Waals surface area contributed by atoms with Gasteiger partial charge in [-0.2, -0.15) is 5.10 Å². The molecule has 0 fully saturated rings. The SMILES string of the molecule is O=C(c1cc2n(n1)CCCO2)N1CCn2c(nnc2-c2ccccc2)C1. The first kappa shape index (κ1) is 15.1. The van der Waals surface area contributed by atoms with Gasteiger partial charge in [-0.3, -0.25) is 4.79 Å². The Morgan fingerprint density at radius 2 is 1.96 bits per heavy atom. The maximum Gasteiger partial charge on any atom is 0.274 e. The van der Waals surface area contributed by atoms with Gasteiger partial charge in [0.1, 0.15) is 0 Å². The largest absolute Gasteiger partial charge is 0.478 e. The van der Waals surface area contributed by atoms with Crippen molar-refractivity contribution < 1.29 is 9.53 Å². The minimum absolute atomic E-state index is 0.0917. The molecule has 1 aromatic carbocycles. The predicted molar refractivity (Wildman–Crippen MR) is 92.5 cm³/mol. The molecule has 3 aromatic rings. The maximum atomic E-state index is 12.8. The monoisotopic (exact) mass is 350 g/mol. The normalized spacial score (nSPS) is 15.9. The number of carbonyl (C=O) groups is 1. The second kappa shape index (κ2) is 5.98. The van der Waals surface area contributed by atoms with Crippen LogP contribution >= 0.6 is 0 Å². The summed E-state index contributed by atoms with van der Waals surface area (Å²) in [4.78, 5) is 14.6. The van der Waals surface area contributed by atoms with Gasteiger partial charge in [0.15, 0.2) is 17.3 Å². The number of fused-ring (bicyclic) bond motifs is 2. The van der Waals surface area contributed by atoms with E-state index in [-0.39, 0.29) is 5.91 Å². The van der Waals surface area contributed by atoms with E-state index in [4.69, 9.17) is 4.74 Å². The van der Waals surface area contributed by atoms with E-state index in [1.54, 1.807) is 15.6 Å². The molecule has 1 amide bonds. The van der Waals surface area contributed by atoms with Crippen molar-refractivity contribution in [2.75, 3.05) is 13.2 Å². The number of rotatable bonds is 2. The van der Waals surface area contributed by atoms with Gasteiger partial charge in [-0.15, -0.1) is 10.2 Å². The van der Waals surface area contributed by atoms with Crippen molar-refractivity contribution in [1.29, 1.82) is 0 Å². The van der Waals surface area contributed by atoms with E-state index < -0.39 is 0 Å². The zero-order chi connectivity index (χ0) is 17.5. The van der Waals surface area contributed by atoms with Crippen LogP contribution in [0, 0.1) is 0 Å². The highest BCUT2D eigenvalue weighted by molar-refractivity contribution is 5.92. The van der Waals surface area contributed by atoms with Crippen LogP contribution in [0.1, 0.15) is 22.7 Å². The number of benzene rings is 1. The molecule has 0 bridgehead atoms. The van der Waals surface area contributed by atoms with E-state index in [0.29, 0.717) is 37.8 Å². The Bertz CT molecular complexity index is 938. The topological polar surface area (TPSA) is 78.1 Å². The first-order valence-electron chi connectivity index (χ1n) is 8.77.